The molecule has 0 atom stereocenters. The number of alkyl halides is 10. The number of anilines is 4. The Labute approximate surface area is 179 Å². The Hall–Kier alpha value is -3.10. The highest BCUT2D eigenvalue weighted by atomic mass is 19.4. The molecule has 0 radical (unpaired) electrons. The van der Waals surface area contributed by atoms with Crippen LogP contribution in [-0.2, 0) is 29.8 Å². The summed E-state index contributed by atoms with van der Waals surface area (Å²) in [6.45, 7) is -1.12. The molecule has 0 aromatic heterocycles. The summed E-state index contributed by atoms with van der Waals surface area (Å²) in [5.74, 6) is -10.4. The highest BCUT2D eigenvalue weighted by Gasteiger charge is 2.59. The van der Waals surface area contributed by atoms with Crippen molar-refractivity contribution in [2.45, 2.75) is 37.4 Å². The van der Waals surface area contributed by atoms with Crippen LogP contribution in [-0.4, -0.2) is 12.4 Å². The second-order valence-corrected chi connectivity index (χ2v) is 6.90. The van der Waals surface area contributed by atoms with Gasteiger partial charge in [-0.25, -0.2) is 0 Å². The monoisotopic (exact) mass is 494 g/mol. The quantitative estimate of drug-likeness (QED) is 0.332. The van der Waals surface area contributed by atoms with Crippen molar-refractivity contribution in [2.24, 2.45) is 0 Å². The van der Waals surface area contributed by atoms with Crippen LogP contribution in [0.25, 0.3) is 0 Å². The van der Waals surface area contributed by atoms with Gasteiger partial charge in [0, 0.05) is 45.0 Å². The van der Waals surface area contributed by atoms with Crippen molar-refractivity contribution in [3.8, 4) is 0 Å². The molecule has 2 aromatic rings. The lowest BCUT2D eigenvalue weighted by atomic mass is 10.0. The van der Waals surface area contributed by atoms with E-state index < -0.39 is 71.3 Å². The lowest BCUT2D eigenvalue weighted by Crippen LogP contribution is -2.34. The van der Waals surface area contributed by atoms with E-state index in [4.69, 9.17) is 27.7 Å². The minimum atomic E-state index is -5.89. The topological polar surface area (TPSA) is 113 Å². The zero-order chi connectivity index (χ0) is 25.6. The minimum absolute atomic E-state index is 0.172. The molecule has 0 fully saturated rings. The molecule has 2 rings (SSSR count). The molecule has 0 aliphatic rings. The zero-order valence-electron chi connectivity index (χ0n) is 16.2. The van der Waals surface area contributed by atoms with Crippen LogP contribution in [0.4, 0.5) is 66.7 Å². The fourth-order valence-electron chi connectivity index (χ4n) is 2.71. The van der Waals surface area contributed by atoms with Crippen LogP contribution in [0.2, 0.25) is 0 Å². The highest BCUT2D eigenvalue weighted by Crippen LogP contribution is 2.46. The number of ether oxygens (including phenoxy) is 1. The fourth-order valence-corrected chi connectivity index (χ4v) is 2.71. The Bertz CT molecular complexity index is 906. The van der Waals surface area contributed by atoms with Crippen molar-refractivity contribution >= 4 is 22.7 Å². The highest BCUT2D eigenvalue weighted by molar-refractivity contribution is 5.65. The molecule has 0 unspecified atom stereocenters. The molecule has 0 saturated carbocycles. The smallest absolute Gasteiger partial charge is 0.398 e. The fraction of sp³-hybridized carbons (Fsp3) is 0.333. The summed E-state index contributed by atoms with van der Waals surface area (Å²) in [4.78, 5) is 0. The van der Waals surface area contributed by atoms with E-state index in [0.717, 1.165) is 0 Å². The minimum Gasteiger partial charge on any atom is -0.398 e. The standard InChI is InChI=1S/C18H16F10N4O/c19-15(20,17(23,24)25)7-1-11(29)9(12(30)2-7)5-33-6-10-13(31)3-8(4-14(10)32)16(21,22)18(26,27)28/h1-4H,5-6,29-32H2. The Morgan fingerprint density at radius 3 is 0.970 bits per heavy atom. The Morgan fingerprint density at radius 1 is 0.515 bits per heavy atom. The van der Waals surface area contributed by atoms with Gasteiger partial charge in [-0.3, -0.25) is 0 Å². The van der Waals surface area contributed by atoms with Gasteiger partial charge in [0.1, 0.15) is 0 Å². The van der Waals surface area contributed by atoms with Crippen LogP contribution in [0.5, 0.6) is 0 Å². The molecule has 5 nitrogen and oxygen atoms in total. The normalized spacial score (nSPS) is 13.4. The predicted molar refractivity (Wildman–Crippen MR) is 98.9 cm³/mol. The molecule has 0 bridgehead atoms. The average Bonchev–Trinajstić information content (AvgIpc) is 2.63. The van der Waals surface area contributed by atoms with Crippen molar-refractivity contribution in [1.82, 2.24) is 0 Å². The van der Waals surface area contributed by atoms with Gasteiger partial charge < -0.3 is 27.7 Å². The van der Waals surface area contributed by atoms with Crippen molar-refractivity contribution in [1.29, 1.82) is 0 Å². The van der Waals surface area contributed by atoms with Crippen LogP contribution in [0.15, 0.2) is 24.3 Å². The summed E-state index contributed by atoms with van der Waals surface area (Å²) in [5, 5.41) is 0. The molecule has 0 amide bonds. The molecule has 0 spiro atoms. The van der Waals surface area contributed by atoms with E-state index in [9.17, 15) is 43.9 Å². The van der Waals surface area contributed by atoms with Crippen LogP contribution >= 0.6 is 0 Å². The van der Waals surface area contributed by atoms with E-state index in [-0.39, 0.29) is 11.1 Å². The summed E-state index contributed by atoms with van der Waals surface area (Å²) >= 11 is 0. The van der Waals surface area contributed by atoms with Gasteiger partial charge in [-0.15, -0.1) is 0 Å². The van der Waals surface area contributed by atoms with Gasteiger partial charge in [0.25, 0.3) is 0 Å². The number of rotatable bonds is 6. The summed E-state index contributed by atoms with van der Waals surface area (Å²) in [7, 11) is 0. The maximum absolute atomic E-state index is 13.5. The van der Waals surface area contributed by atoms with Crippen LogP contribution < -0.4 is 22.9 Å². The maximum atomic E-state index is 13.5. The van der Waals surface area contributed by atoms with E-state index in [2.05, 4.69) is 0 Å². The van der Waals surface area contributed by atoms with Crippen molar-refractivity contribution in [3.63, 3.8) is 0 Å². The van der Waals surface area contributed by atoms with Gasteiger partial charge in [0.15, 0.2) is 0 Å². The molecule has 15 heteroatoms. The molecule has 0 aliphatic heterocycles. The molecule has 0 heterocycles. The number of halogens is 10. The molecule has 0 aliphatic carbocycles. The Morgan fingerprint density at radius 2 is 0.758 bits per heavy atom. The van der Waals surface area contributed by atoms with Gasteiger partial charge in [0.05, 0.1) is 13.2 Å². The second kappa shape index (κ2) is 8.35. The SMILES string of the molecule is Nc1cc(C(F)(F)C(F)(F)F)cc(N)c1COCc1c(N)cc(C(F)(F)C(F)(F)F)cc1N. The first-order chi connectivity index (χ1) is 14.8. The number of hydrogen-bond donors (Lipinski definition) is 4. The summed E-state index contributed by atoms with van der Waals surface area (Å²) in [5.41, 5.74) is 16.5. The van der Waals surface area contributed by atoms with Gasteiger partial charge >= 0.3 is 24.2 Å². The molecule has 33 heavy (non-hydrogen) atoms. The van der Waals surface area contributed by atoms with Gasteiger partial charge in [-0.1, -0.05) is 0 Å². The van der Waals surface area contributed by atoms with Crippen LogP contribution in [0.1, 0.15) is 22.3 Å². The largest absolute Gasteiger partial charge is 0.458 e. The lowest BCUT2D eigenvalue weighted by molar-refractivity contribution is -0.289. The van der Waals surface area contributed by atoms with E-state index in [1.54, 1.807) is 0 Å². The molecule has 2 aromatic carbocycles. The summed E-state index contributed by atoms with van der Waals surface area (Å²) < 4.78 is 134. The lowest BCUT2D eigenvalue weighted by Gasteiger charge is -2.22. The van der Waals surface area contributed by atoms with Crippen LogP contribution in [0, 0.1) is 0 Å². The maximum Gasteiger partial charge on any atom is 0.458 e. The Kier molecular flexibility index (Phi) is 6.62. The molecular formula is C18H16F10N4O. The van der Waals surface area contributed by atoms with Crippen LogP contribution in [0.3, 0.4) is 0 Å². The summed E-state index contributed by atoms with van der Waals surface area (Å²) in [6.07, 6.45) is -11.8. The summed E-state index contributed by atoms with van der Waals surface area (Å²) in [6, 6.07) is 1.44. The number of hydrogen-bond acceptors (Lipinski definition) is 5. The number of nitrogen functional groups attached to an aromatic ring is 4. The average molecular weight is 494 g/mol. The predicted octanol–water partition coefficient (Wildman–Crippen LogP) is 5.04. The molecule has 8 N–H and O–H groups in total. The first kappa shape index (κ1) is 26.2. The Balaban J connectivity index is 2.23. The third kappa shape index (κ3) is 4.96. The number of nitrogens with two attached hydrogens (primary N) is 4. The van der Waals surface area contributed by atoms with E-state index >= 15 is 0 Å². The first-order valence-electron chi connectivity index (χ1n) is 8.64. The van der Waals surface area contributed by atoms with Crippen molar-refractivity contribution in [3.05, 3.63) is 46.5 Å². The van der Waals surface area contributed by atoms with Gasteiger partial charge in [-0.2, -0.15) is 43.9 Å². The van der Waals surface area contributed by atoms with E-state index in [1.807, 2.05) is 0 Å². The molecular weight excluding hydrogens is 478 g/mol. The van der Waals surface area contributed by atoms with Crippen molar-refractivity contribution < 1.29 is 48.6 Å². The van der Waals surface area contributed by atoms with E-state index in [1.165, 1.54) is 0 Å². The number of benzene rings is 2. The molecule has 184 valence electrons. The van der Waals surface area contributed by atoms with E-state index in [0.29, 0.717) is 24.3 Å². The third-order valence-corrected chi connectivity index (χ3v) is 4.57. The second-order valence-electron chi connectivity index (χ2n) is 6.90. The zero-order valence-corrected chi connectivity index (χ0v) is 16.2. The van der Waals surface area contributed by atoms with Gasteiger partial charge in [0.2, 0.25) is 0 Å². The van der Waals surface area contributed by atoms with Crippen molar-refractivity contribution in [2.75, 3.05) is 22.9 Å². The first-order valence-corrected chi connectivity index (χ1v) is 8.64. The third-order valence-electron chi connectivity index (χ3n) is 4.57. The molecule has 0 saturated heterocycles. The van der Waals surface area contributed by atoms with Gasteiger partial charge in [-0.05, 0) is 24.3 Å².